The minimum absolute atomic E-state index is 0.221. The van der Waals surface area contributed by atoms with Gasteiger partial charge in [0.15, 0.2) is 17.2 Å². The zero-order valence-electron chi connectivity index (χ0n) is 15.0. The second-order valence-electron chi connectivity index (χ2n) is 5.97. The van der Waals surface area contributed by atoms with Crippen LogP contribution in [0.1, 0.15) is 18.1 Å². The zero-order valence-corrected chi connectivity index (χ0v) is 16.6. The van der Waals surface area contributed by atoms with Crippen LogP contribution < -0.4 is 9.47 Å². The number of cyclic esters (lactones) is 1. The minimum Gasteiger partial charge on any atom is -0.493 e. The first-order valence-corrected chi connectivity index (χ1v) is 9.00. The lowest BCUT2D eigenvalue weighted by Gasteiger charge is -2.11. The quantitative estimate of drug-likeness (QED) is 0.378. The first-order chi connectivity index (χ1) is 13.0. The fourth-order valence-corrected chi connectivity index (χ4v) is 2.87. The number of esters is 1. The molecule has 0 unspecified atom stereocenters. The molecule has 0 aromatic heterocycles. The molecule has 138 valence electrons. The van der Waals surface area contributed by atoms with Crippen molar-refractivity contribution in [1.29, 1.82) is 0 Å². The lowest BCUT2D eigenvalue weighted by atomic mass is 10.1. The fourth-order valence-electron chi connectivity index (χ4n) is 2.41. The van der Waals surface area contributed by atoms with Crippen LogP contribution >= 0.6 is 15.9 Å². The average molecular weight is 428 g/mol. The number of benzene rings is 2. The molecule has 0 bridgehead atoms. The molecular weight excluding hydrogens is 410 g/mol. The van der Waals surface area contributed by atoms with Crippen LogP contribution in [0.25, 0.3) is 6.08 Å². The van der Waals surface area contributed by atoms with Crippen molar-refractivity contribution < 1.29 is 19.0 Å². The van der Waals surface area contributed by atoms with Gasteiger partial charge in [-0.05, 0) is 64.3 Å². The summed E-state index contributed by atoms with van der Waals surface area (Å²) in [5, 5.41) is 0. The Kier molecular flexibility index (Phi) is 5.76. The molecule has 1 heterocycles. The van der Waals surface area contributed by atoms with Gasteiger partial charge in [-0.1, -0.05) is 24.8 Å². The fraction of sp³-hybridized carbons (Fsp3) is 0.143. The summed E-state index contributed by atoms with van der Waals surface area (Å²) in [5.74, 6) is 0.940. The summed E-state index contributed by atoms with van der Waals surface area (Å²) in [4.78, 5) is 16.5. The Bertz CT molecular complexity index is 962. The molecule has 2 aromatic rings. The summed E-state index contributed by atoms with van der Waals surface area (Å²) in [6, 6.07) is 12.8. The highest BCUT2D eigenvalue weighted by atomic mass is 79.9. The first kappa shape index (κ1) is 18.9. The molecule has 0 amide bonds. The van der Waals surface area contributed by atoms with E-state index >= 15 is 0 Å². The van der Waals surface area contributed by atoms with E-state index in [0.717, 1.165) is 21.2 Å². The summed E-state index contributed by atoms with van der Waals surface area (Å²) in [6.45, 7) is 6.11. The molecule has 1 aliphatic heterocycles. The third kappa shape index (κ3) is 4.46. The molecule has 0 N–H and O–H groups in total. The predicted octanol–water partition coefficient (Wildman–Crippen LogP) is 4.76. The van der Waals surface area contributed by atoms with Gasteiger partial charge in [-0.2, -0.15) is 0 Å². The molecule has 0 aliphatic carbocycles. The number of halogens is 1. The minimum atomic E-state index is -0.498. The Balaban J connectivity index is 1.88. The number of nitrogens with zero attached hydrogens (tertiary/aromatic N) is 1. The molecule has 1 aliphatic rings. The third-order valence-electron chi connectivity index (χ3n) is 3.69. The van der Waals surface area contributed by atoms with Crippen molar-refractivity contribution in [3.8, 4) is 11.5 Å². The highest BCUT2D eigenvalue weighted by molar-refractivity contribution is 9.10. The van der Waals surface area contributed by atoms with Crippen LogP contribution in [0.4, 0.5) is 0 Å². The van der Waals surface area contributed by atoms with E-state index in [-0.39, 0.29) is 11.6 Å². The summed E-state index contributed by atoms with van der Waals surface area (Å²) in [6.07, 6.45) is 1.65. The van der Waals surface area contributed by atoms with Crippen LogP contribution in [0.15, 0.2) is 69.8 Å². The Morgan fingerprint density at radius 1 is 1.26 bits per heavy atom. The van der Waals surface area contributed by atoms with Crippen LogP contribution in [-0.2, 0) is 9.53 Å². The number of rotatable bonds is 6. The number of hydrogen-bond donors (Lipinski definition) is 0. The lowest BCUT2D eigenvalue weighted by Crippen LogP contribution is -2.05. The first-order valence-electron chi connectivity index (χ1n) is 8.20. The van der Waals surface area contributed by atoms with Crippen molar-refractivity contribution in [3.05, 3.63) is 75.9 Å². The molecule has 2 aromatic carbocycles. The molecule has 0 atom stereocenters. The van der Waals surface area contributed by atoms with Gasteiger partial charge in [-0.3, -0.25) is 0 Å². The van der Waals surface area contributed by atoms with E-state index < -0.39 is 5.97 Å². The van der Waals surface area contributed by atoms with E-state index in [9.17, 15) is 4.79 Å². The van der Waals surface area contributed by atoms with Crippen molar-refractivity contribution >= 4 is 33.9 Å². The van der Waals surface area contributed by atoms with Gasteiger partial charge >= 0.3 is 5.97 Å². The third-order valence-corrected chi connectivity index (χ3v) is 4.38. The number of carbonyl (C=O) groups excluding carboxylic acids is 1. The van der Waals surface area contributed by atoms with Gasteiger partial charge in [0, 0.05) is 4.47 Å². The van der Waals surface area contributed by atoms with E-state index in [2.05, 4.69) is 27.5 Å². The standard InChI is InChI=1S/C21H18BrNO4/c1-13(2)12-26-18-9-8-14(11-19(18)25-3)10-17-21(24)27-20(23-17)15-6-4-5-7-16(15)22/h4-11H,1,12H2,2-3H3/b17-10-. The molecular formula is C21H18BrNO4. The van der Waals surface area contributed by atoms with Gasteiger partial charge in [-0.15, -0.1) is 0 Å². The van der Waals surface area contributed by atoms with Crippen LogP contribution in [0, 0.1) is 0 Å². The SMILES string of the molecule is C=C(C)COc1ccc(/C=C2\N=C(c3ccccc3Br)OC2=O)cc1OC. The van der Waals surface area contributed by atoms with Crippen LogP contribution in [0.2, 0.25) is 0 Å². The summed E-state index contributed by atoms with van der Waals surface area (Å²) in [7, 11) is 1.56. The predicted molar refractivity (Wildman–Crippen MR) is 108 cm³/mol. The number of methoxy groups -OCH3 is 1. The smallest absolute Gasteiger partial charge is 0.363 e. The molecule has 0 saturated carbocycles. The molecule has 0 spiro atoms. The molecule has 0 saturated heterocycles. The summed E-state index contributed by atoms with van der Waals surface area (Å²) >= 11 is 3.44. The van der Waals surface area contributed by atoms with E-state index in [0.29, 0.717) is 18.1 Å². The maximum atomic E-state index is 12.2. The topological polar surface area (TPSA) is 57.1 Å². The second kappa shape index (κ2) is 8.22. The maximum Gasteiger partial charge on any atom is 0.363 e. The maximum absolute atomic E-state index is 12.2. The monoisotopic (exact) mass is 427 g/mol. The lowest BCUT2D eigenvalue weighted by molar-refractivity contribution is -0.129. The van der Waals surface area contributed by atoms with Crippen molar-refractivity contribution in [1.82, 2.24) is 0 Å². The molecule has 5 nitrogen and oxygen atoms in total. The largest absolute Gasteiger partial charge is 0.493 e. The number of hydrogen-bond acceptors (Lipinski definition) is 5. The van der Waals surface area contributed by atoms with E-state index in [1.54, 1.807) is 25.3 Å². The summed E-state index contributed by atoms with van der Waals surface area (Å²) in [5.41, 5.74) is 2.60. The Hall–Kier alpha value is -2.86. The highest BCUT2D eigenvalue weighted by Crippen LogP contribution is 2.30. The normalized spacial score (nSPS) is 14.7. The van der Waals surface area contributed by atoms with Crippen molar-refractivity contribution in [3.63, 3.8) is 0 Å². The average Bonchev–Trinajstić information content (AvgIpc) is 3.01. The molecule has 6 heteroatoms. The Morgan fingerprint density at radius 2 is 2.04 bits per heavy atom. The van der Waals surface area contributed by atoms with E-state index in [4.69, 9.17) is 14.2 Å². The zero-order chi connectivity index (χ0) is 19.4. The van der Waals surface area contributed by atoms with Crippen LogP contribution in [0.3, 0.4) is 0 Å². The highest BCUT2D eigenvalue weighted by Gasteiger charge is 2.25. The summed E-state index contributed by atoms with van der Waals surface area (Å²) < 4.78 is 17.1. The van der Waals surface area contributed by atoms with Gasteiger partial charge in [-0.25, -0.2) is 9.79 Å². The Labute approximate surface area is 166 Å². The van der Waals surface area contributed by atoms with Gasteiger partial charge in [0.05, 0.1) is 12.7 Å². The van der Waals surface area contributed by atoms with Gasteiger partial charge in [0.25, 0.3) is 0 Å². The number of aliphatic imine (C=N–C) groups is 1. The number of carbonyl (C=O) groups is 1. The van der Waals surface area contributed by atoms with Crippen LogP contribution in [0.5, 0.6) is 11.5 Å². The van der Waals surface area contributed by atoms with Gasteiger partial charge < -0.3 is 14.2 Å². The van der Waals surface area contributed by atoms with Gasteiger partial charge in [0.2, 0.25) is 5.90 Å². The Morgan fingerprint density at radius 3 is 2.74 bits per heavy atom. The van der Waals surface area contributed by atoms with Gasteiger partial charge in [0.1, 0.15) is 6.61 Å². The van der Waals surface area contributed by atoms with Crippen molar-refractivity contribution in [2.24, 2.45) is 4.99 Å². The van der Waals surface area contributed by atoms with E-state index in [1.165, 1.54) is 0 Å². The second-order valence-corrected chi connectivity index (χ2v) is 6.83. The van der Waals surface area contributed by atoms with Crippen molar-refractivity contribution in [2.45, 2.75) is 6.92 Å². The number of ether oxygens (including phenoxy) is 3. The molecule has 3 rings (SSSR count). The molecule has 0 fully saturated rings. The van der Waals surface area contributed by atoms with E-state index in [1.807, 2.05) is 37.3 Å². The van der Waals surface area contributed by atoms with Crippen LogP contribution in [-0.4, -0.2) is 25.6 Å². The molecule has 27 heavy (non-hydrogen) atoms. The van der Waals surface area contributed by atoms with Crippen molar-refractivity contribution in [2.75, 3.05) is 13.7 Å². The molecule has 0 radical (unpaired) electrons.